The molecule has 1 fully saturated rings. The molecule has 0 radical (unpaired) electrons. The first-order valence-electron chi connectivity index (χ1n) is 6.43. The first-order chi connectivity index (χ1) is 8.61. The molecule has 0 saturated carbocycles. The molecule has 0 amide bonds. The maximum atomic E-state index is 6.09. The highest BCUT2D eigenvalue weighted by atomic mass is 35.5. The minimum absolute atomic E-state index is 0.403. The number of halogens is 1. The van der Waals surface area contributed by atoms with E-state index < -0.39 is 0 Å². The van der Waals surface area contributed by atoms with Crippen molar-refractivity contribution in [1.29, 1.82) is 0 Å². The number of ether oxygens (including phenoxy) is 1. The van der Waals surface area contributed by atoms with Gasteiger partial charge in [0.15, 0.2) is 0 Å². The molecule has 0 bridgehead atoms. The molecule has 5 heteroatoms. The van der Waals surface area contributed by atoms with Crippen LogP contribution in [0.4, 0.5) is 0 Å². The van der Waals surface area contributed by atoms with Crippen LogP contribution >= 0.6 is 11.6 Å². The van der Waals surface area contributed by atoms with Gasteiger partial charge in [0.05, 0.1) is 12.8 Å². The Hall–Kier alpha value is -0.870. The van der Waals surface area contributed by atoms with Crippen LogP contribution in [0.25, 0.3) is 0 Å². The summed E-state index contributed by atoms with van der Waals surface area (Å²) in [5.74, 6) is 0.871. The van der Waals surface area contributed by atoms with E-state index in [2.05, 4.69) is 28.9 Å². The normalized spacial score (nSPS) is 18.3. The van der Waals surface area contributed by atoms with Crippen molar-refractivity contribution < 1.29 is 4.74 Å². The number of likely N-dealkylation sites (tertiary alicyclic amines) is 1. The molecule has 1 aromatic heterocycles. The molecule has 0 unspecified atom stereocenters. The molecule has 0 spiro atoms. The predicted octanol–water partition coefficient (Wildman–Crippen LogP) is 2.73. The van der Waals surface area contributed by atoms with E-state index in [9.17, 15) is 0 Å². The molecule has 1 aliphatic heterocycles. The lowest BCUT2D eigenvalue weighted by Crippen LogP contribution is -2.38. The van der Waals surface area contributed by atoms with Gasteiger partial charge in [-0.05, 0) is 45.8 Å². The Labute approximate surface area is 113 Å². The van der Waals surface area contributed by atoms with Crippen LogP contribution in [0.3, 0.4) is 0 Å². The van der Waals surface area contributed by atoms with Crippen molar-refractivity contribution in [3.05, 3.63) is 16.8 Å². The quantitative estimate of drug-likeness (QED) is 0.846. The molecule has 1 aromatic rings. The summed E-state index contributed by atoms with van der Waals surface area (Å²) in [6, 6.07) is 2.51. The fourth-order valence-corrected chi connectivity index (χ4v) is 2.65. The molecule has 0 N–H and O–H groups in total. The second-order valence-electron chi connectivity index (χ2n) is 5.03. The molecular formula is C13H20ClN3O. The van der Waals surface area contributed by atoms with Crippen LogP contribution in [0.1, 0.15) is 38.3 Å². The Morgan fingerprint density at radius 3 is 2.50 bits per heavy atom. The van der Waals surface area contributed by atoms with E-state index in [4.69, 9.17) is 16.3 Å². The molecule has 0 atom stereocenters. The molecule has 4 nitrogen and oxygen atoms in total. The monoisotopic (exact) mass is 269 g/mol. The number of hydrogen-bond donors (Lipinski definition) is 0. The number of rotatable bonds is 3. The van der Waals surface area contributed by atoms with Crippen molar-refractivity contribution in [2.45, 2.75) is 38.6 Å². The van der Waals surface area contributed by atoms with E-state index in [1.54, 1.807) is 7.11 Å². The number of piperidine rings is 1. The van der Waals surface area contributed by atoms with Gasteiger partial charge in [-0.2, -0.15) is 5.10 Å². The Morgan fingerprint density at radius 1 is 1.33 bits per heavy atom. The standard InChI is InChI=1S/C13H20ClN3O/c1-9(2)17-6-4-10(5-7-17)12-8-11(14)13(18-3)16-15-12/h8-10H,4-7H2,1-3H3. The van der Waals surface area contributed by atoms with Crippen molar-refractivity contribution in [1.82, 2.24) is 15.1 Å². The van der Waals surface area contributed by atoms with Crippen molar-refractivity contribution in [3.8, 4) is 5.88 Å². The highest BCUT2D eigenvalue weighted by molar-refractivity contribution is 6.31. The minimum Gasteiger partial charge on any atom is -0.479 e. The summed E-state index contributed by atoms with van der Waals surface area (Å²) in [6.07, 6.45) is 2.24. The van der Waals surface area contributed by atoms with Crippen LogP contribution in [0, 0.1) is 0 Å². The van der Waals surface area contributed by atoms with E-state index in [1.807, 2.05) is 6.07 Å². The van der Waals surface area contributed by atoms with Crippen molar-refractivity contribution >= 4 is 11.6 Å². The van der Waals surface area contributed by atoms with E-state index in [-0.39, 0.29) is 0 Å². The van der Waals surface area contributed by atoms with Crippen LogP contribution in [0.5, 0.6) is 5.88 Å². The third kappa shape index (κ3) is 2.93. The molecule has 1 saturated heterocycles. The third-order valence-corrected chi connectivity index (χ3v) is 3.88. The fraction of sp³-hybridized carbons (Fsp3) is 0.692. The van der Waals surface area contributed by atoms with E-state index in [0.29, 0.717) is 22.9 Å². The summed E-state index contributed by atoms with van der Waals surface area (Å²) in [5, 5.41) is 8.78. The van der Waals surface area contributed by atoms with Crippen molar-refractivity contribution in [2.75, 3.05) is 20.2 Å². The van der Waals surface area contributed by atoms with E-state index in [1.165, 1.54) is 0 Å². The molecule has 18 heavy (non-hydrogen) atoms. The highest BCUT2D eigenvalue weighted by Crippen LogP contribution is 2.30. The molecular weight excluding hydrogens is 250 g/mol. The van der Waals surface area contributed by atoms with Gasteiger partial charge in [0.1, 0.15) is 5.02 Å². The number of hydrogen-bond acceptors (Lipinski definition) is 4. The van der Waals surface area contributed by atoms with Gasteiger partial charge in [-0.3, -0.25) is 0 Å². The lowest BCUT2D eigenvalue weighted by atomic mass is 9.93. The van der Waals surface area contributed by atoms with Gasteiger partial charge in [0.2, 0.25) is 0 Å². The maximum Gasteiger partial charge on any atom is 0.252 e. The SMILES string of the molecule is COc1nnc(C2CCN(C(C)C)CC2)cc1Cl. The Kier molecular flexibility index (Phi) is 4.40. The number of methoxy groups -OCH3 is 1. The molecule has 2 rings (SSSR count). The van der Waals surface area contributed by atoms with Gasteiger partial charge < -0.3 is 9.64 Å². The van der Waals surface area contributed by atoms with Crippen LogP contribution in [-0.4, -0.2) is 41.3 Å². The van der Waals surface area contributed by atoms with Gasteiger partial charge in [0.25, 0.3) is 5.88 Å². The molecule has 0 aliphatic carbocycles. The third-order valence-electron chi connectivity index (χ3n) is 3.61. The number of aromatic nitrogens is 2. The van der Waals surface area contributed by atoms with Crippen LogP contribution in [-0.2, 0) is 0 Å². The van der Waals surface area contributed by atoms with E-state index >= 15 is 0 Å². The largest absolute Gasteiger partial charge is 0.479 e. The molecule has 1 aliphatic rings. The molecule has 0 aromatic carbocycles. The maximum absolute atomic E-state index is 6.09. The van der Waals surface area contributed by atoms with Gasteiger partial charge in [-0.1, -0.05) is 11.6 Å². The summed E-state index contributed by atoms with van der Waals surface area (Å²) in [7, 11) is 1.55. The fourth-order valence-electron chi connectivity index (χ4n) is 2.42. The second-order valence-corrected chi connectivity index (χ2v) is 5.44. The number of nitrogens with zero attached hydrogens (tertiary/aromatic N) is 3. The lowest BCUT2D eigenvalue weighted by Gasteiger charge is -2.34. The van der Waals surface area contributed by atoms with Crippen molar-refractivity contribution in [3.63, 3.8) is 0 Å². The summed E-state index contributed by atoms with van der Waals surface area (Å²) < 4.78 is 5.02. The highest BCUT2D eigenvalue weighted by Gasteiger charge is 2.23. The van der Waals surface area contributed by atoms with Crippen LogP contribution in [0.2, 0.25) is 5.02 Å². The smallest absolute Gasteiger partial charge is 0.252 e. The van der Waals surface area contributed by atoms with Gasteiger partial charge in [-0.15, -0.1) is 5.10 Å². The van der Waals surface area contributed by atoms with Crippen LogP contribution < -0.4 is 4.74 Å². The minimum atomic E-state index is 0.403. The summed E-state index contributed by atoms with van der Waals surface area (Å²) in [5.41, 5.74) is 0.990. The Bertz CT molecular complexity index is 403. The van der Waals surface area contributed by atoms with Gasteiger partial charge in [0, 0.05) is 12.0 Å². The molecule has 100 valence electrons. The zero-order valence-electron chi connectivity index (χ0n) is 11.2. The van der Waals surface area contributed by atoms with Crippen molar-refractivity contribution in [2.24, 2.45) is 0 Å². The zero-order valence-corrected chi connectivity index (χ0v) is 11.9. The predicted molar refractivity (Wildman–Crippen MR) is 72.3 cm³/mol. The zero-order chi connectivity index (χ0) is 13.1. The van der Waals surface area contributed by atoms with Crippen LogP contribution in [0.15, 0.2) is 6.07 Å². The summed E-state index contributed by atoms with van der Waals surface area (Å²) in [6.45, 7) is 6.72. The first-order valence-corrected chi connectivity index (χ1v) is 6.80. The van der Waals surface area contributed by atoms with Gasteiger partial charge in [-0.25, -0.2) is 0 Å². The summed E-state index contributed by atoms with van der Waals surface area (Å²) >= 11 is 6.09. The average Bonchev–Trinajstić information content (AvgIpc) is 2.38. The first kappa shape index (κ1) is 13.6. The van der Waals surface area contributed by atoms with E-state index in [0.717, 1.165) is 31.6 Å². The molecule has 2 heterocycles. The Balaban J connectivity index is 2.03. The lowest BCUT2D eigenvalue weighted by molar-refractivity contribution is 0.170. The Morgan fingerprint density at radius 2 is 2.00 bits per heavy atom. The topological polar surface area (TPSA) is 38.3 Å². The second kappa shape index (κ2) is 5.85. The average molecular weight is 270 g/mol. The van der Waals surface area contributed by atoms with Gasteiger partial charge >= 0.3 is 0 Å². The summed E-state index contributed by atoms with van der Waals surface area (Å²) in [4.78, 5) is 2.50.